The SMILES string of the molecule is Cl.O=c1c(CO)cc2cnc(Nc3ccc(N4CCNCC4)cc3)nc2n1C1CCCC1. The second-order valence-electron chi connectivity index (χ2n) is 8.32. The Labute approximate surface area is 193 Å². The molecular formula is C23H29ClN6O2. The lowest BCUT2D eigenvalue weighted by atomic mass is 10.2. The van der Waals surface area contributed by atoms with Crippen molar-refractivity contribution in [3.05, 3.63) is 52.4 Å². The first-order valence-electron chi connectivity index (χ1n) is 11.1. The fraction of sp³-hybridized carbons (Fsp3) is 0.435. The van der Waals surface area contributed by atoms with E-state index < -0.39 is 0 Å². The smallest absolute Gasteiger partial charge is 0.258 e. The van der Waals surface area contributed by atoms with Crippen LogP contribution in [0.1, 0.15) is 37.3 Å². The van der Waals surface area contributed by atoms with Crippen molar-refractivity contribution in [1.29, 1.82) is 0 Å². The van der Waals surface area contributed by atoms with Crippen molar-refractivity contribution < 1.29 is 5.11 Å². The zero-order valence-electron chi connectivity index (χ0n) is 18.0. The lowest BCUT2D eigenvalue weighted by molar-refractivity contribution is 0.279. The fourth-order valence-corrected chi connectivity index (χ4v) is 4.66. The number of fused-ring (bicyclic) bond motifs is 1. The van der Waals surface area contributed by atoms with Crippen LogP contribution < -0.4 is 21.1 Å². The van der Waals surface area contributed by atoms with Crippen LogP contribution >= 0.6 is 12.4 Å². The molecule has 0 radical (unpaired) electrons. The molecule has 2 aliphatic rings. The Kier molecular flexibility index (Phi) is 6.93. The summed E-state index contributed by atoms with van der Waals surface area (Å²) < 4.78 is 1.77. The van der Waals surface area contributed by atoms with E-state index in [9.17, 15) is 9.90 Å². The predicted molar refractivity (Wildman–Crippen MR) is 129 cm³/mol. The van der Waals surface area contributed by atoms with E-state index in [1.54, 1.807) is 16.8 Å². The van der Waals surface area contributed by atoms with Gasteiger partial charge in [-0.2, -0.15) is 4.98 Å². The van der Waals surface area contributed by atoms with E-state index in [1.165, 1.54) is 5.69 Å². The fourth-order valence-electron chi connectivity index (χ4n) is 4.66. The number of piperazine rings is 1. The maximum atomic E-state index is 13.0. The minimum atomic E-state index is -0.277. The van der Waals surface area contributed by atoms with Crippen LogP contribution in [0.5, 0.6) is 0 Å². The molecule has 2 fully saturated rings. The van der Waals surface area contributed by atoms with Gasteiger partial charge >= 0.3 is 0 Å². The van der Waals surface area contributed by atoms with E-state index in [-0.39, 0.29) is 30.6 Å². The highest BCUT2D eigenvalue weighted by molar-refractivity contribution is 5.85. The largest absolute Gasteiger partial charge is 0.391 e. The summed E-state index contributed by atoms with van der Waals surface area (Å²) in [5.74, 6) is 0.463. The van der Waals surface area contributed by atoms with E-state index >= 15 is 0 Å². The molecule has 0 bridgehead atoms. The Morgan fingerprint density at radius 3 is 2.53 bits per heavy atom. The van der Waals surface area contributed by atoms with Gasteiger partial charge in [0.05, 0.1) is 6.61 Å². The molecule has 170 valence electrons. The van der Waals surface area contributed by atoms with Gasteiger partial charge in [-0.3, -0.25) is 9.36 Å². The van der Waals surface area contributed by atoms with Crippen LogP contribution in [0.2, 0.25) is 0 Å². The van der Waals surface area contributed by atoms with Gasteiger partial charge in [0.1, 0.15) is 5.65 Å². The van der Waals surface area contributed by atoms with Crippen molar-refractivity contribution in [3.8, 4) is 0 Å². The third-order valence-corrected chi connectivity index (χ3v) is 6.31. The Balaban J connectivity index is 0.00000245. The number of rotatable bonds is 5. The number of anilines is 3. The maximum absolute atomic E-state index is 13.0. The molecule has 2 aromatic heterocycles. The van der Waals surface area contributed by atoms with Crippen molar-refractivity contribution >= 4 is 40.8 Å². The number of nitrogens with zero attached hydrogens (tertiary/aromatic N) is 4. The Hall–Kier alpha value is -2.68. The summed E-state index contributed by atoms with van der Waals surface area (Å²) in [5, 5.41) is 17.1. The number of nitrogens with one attached hydrogen (secondary N) is 2. The number of pyridine rings is 1. The minimum Gasteiger partial charge on any atom is -0.391 e. The van der Waals surface area contributed by atoms with Crippen LogP contribution in [-0.2, 0) is 6.61 Å². The number of aromatic nitrogens is 3. The molecule has 1 saturated heterocycles. The number of hydrogen-bond acceptors (Lipinski definition) is 7. The zero-order valence-corrected chi connectivity index (χ0v) is 18.8. The molecule has 1 saturated carbocycles. The molecule has 8 nitrogen and oxygen atoms in total. The average molecular weight is 457 g/mol. The van der Waals surface area contributed by atoms with E-state index in [4.69, 9.17) is 4.98 Å². The van der Waals surface area contributed by atoms with E-state index in [0.29, 0.717) is 17.2 Å². The second-order valence-corrected chi connectivity index (χ2v) is 8.32. The highest BCUT2D eigenvalue weighted by atomic mass is 35.5. The van der Waals surface area contributed by atoms with E-state index in [0.717, 1.165) is 62.9 Å². The molecule has 3 aromatic rings. The van der Waals surface area contributed by atoms with Crippen LogP contribution in [0.25, 0.3) is 11.0 Å². The van der Waals surface area contributed by atoms with Gasteiger partial charge in [-0.25, -0.2) is 4.98 Å². The van der Waals surface area contributed by atoms with Crippen molar-refractivity contribution in [2.75, 3.05) is 36.4 Å². The first-order valence-corrected chi connectivity index (χ1v) is 11.1. The molecular weight excluding hydrogens is 428 g/mol. The summed E-state index contributed by atoms with van der Waals surface area (Å²) in [6.45, 7) is 3.75. The predicted octanol–water partition coefficient (Wildman–Crippen LogP) is 2.97. The summed E-state index contributed by atoms with van der Waals surface area (Å²) in [5.41, 5.74) is 2.99. The summed E-state index contributed by atoms with van der Waals surface area (Å²) >= 11 is 0. The van der Waals surface area contributed by atoms with Crippen molar-refractivity contribution in [2.45, 2.75) is 38.3 Å². The van der Waals surface area contributed by atoms with Crippen molar-refractivity contribution in [1.82, 2.24) is 19.9 Å². The third kappa shape index (κ3) is 4.44. The standard InChI is InChI=1S/C23H28N6O2.ClH/c30-15-17-13-16-14-25-23(27-21(16)29(22(17)31)20-3-1-2-4-20)26-18-5-7-19(8-6-18)28-11-9-24-10-12-28;/h5-8,13-14,20,24,30H,1-4,9-12,15H2,(H,25,26,27);1H. The van der Waals surface area contributed by atoms with Gasteiger partial charge in [0, 0.05) is 60.7 Å². The lowest BCUT2D eigenvalue weighted by Gasteiger charge is -2.29. The first-order chi connectivity index (χ1) is 15.2. The summed E-state index contributed by atoms with van der Waals surface area (Å²) in [6, 6.07) is 10.1. The number of aliphatic hydroxyl groups excluding tert-OH is 1. The van der Waals surface area contributed by atoms with Crippen LogP contribution in [0.3, 0.4) is 0 Å². The molecule has 0 unspecified atom stereocenters. The van der Waals surface area contributed by atoms with Crippen LogP contribution in [0, 0.1) is 0 Å². The van der Waals surface area contributed by atoms with Crippen LogP contribution in [0.15, 0.2) is 41.3 Å². The summed E-state index contributed by atoms with van der Waals surface area (Å²) in [7, 11) is 0. The molecule has 1 aliphatic carbocycles. The second kappa shape index (κ2) is 9.85. The van der Waals surface area contributed by atoms with Gasteiger partial charge in [-0.15, -0.1) is 12.4 Å². The Bertz CT molecular complexity index is 1120. The molecule has 1 aliphatic heterocycles. The monoisotopic (exact) mass is 456 g/mol. The van der Waals surface area contributed by atoms with Gasteiger partial charge in [0.25, 0.3) is 5.56 Å². The van der Waals surface area contributed by atoms with Crippen molar-refractivity contribution in [3.63, 3.8) is 0 Å². The molecule has 0 atom stereocenters. The molecule has 32 heavy (non-hydrogen) atoms. The zero-order chi connectivity index (χ0) is 21.2. The molecule has 0 amide bonds. The van der Waals surface area contributed by atoms with Crippen LogP contribution in [0.4, 0.5) is 17.3 Å². The van der Waals surface area contributed by atoms with E-state index in [1.807, 2.05) is 12.1 Å². The number of hydrogen-bond donors (Lipinski definition) is 3. The van der Waals surface area contributed by atoms with Gasteiger partial charge < -0.3 is 20.6 Å². The normalized spacial score (nSPS) is 16.8. The van der Waals surface area contributed by atoms with Gasteiger partial charge in [-0.1, -0.05) is 12.8 Å². The first kappa shape index (κ1) is 22.5. The molecule has 3 N–H and O–H groups in total. The third-order valence-electron chi connectivity index (χ3n) is 6.31. The number of benzene rings is 1. The van der Waals surface area contributed by atoms with Gasteiger partial charge in [0.15, 0.2) is 0 Å². The number of halogens is 1. The molecule has 5 rings (SSSR count). The van der Waals surface area contributed by atoms with E-state index in [2.05, 4.69) is 32.7 Å². The maximum Gasteiger partial charge on any atom is 0.258 e. The summed E-state index contributed by atoms with van der Waals surface area (Å²) in [4.78, 5) is 24.5. The molecule has 3 heterocycles. The minimum absolute atomic E-state index is 0. The molecule has 0 spiro atoms. The van der Waals surface area contributed by atoms with Gasteiger partial charge in [-0.05, 0) is 43.2 Å². The van der Waals surface area contributed by atoms with Gasteiger partial charge in [0.2, 0.25) is 5.95 Å². The molecule has 9 heteroatoms. The van der Waals surface area contributed by atoms with Crippen molar-refractivity contribution in [2.24, 2.45) is 0 Å². The highest BCUT2D eigenvalue weighted by Gasteiger charge is 2.22. The highest BCUT2D eigenvalue weighted by Crippen LogP contribution is 2.31. The number of aliphatic hydroxyl groups is 1. The average Bonchev–Trinajstić information content (AvgIpc) is 3.34. The Morgan fingerprint density at radius 1 is 1.12 bits per heavy atom. The Morgan fingerprint density at radius 2 is 1.84 bits per heavy atom. The van der Waals surface area contributed by atoms with Crippen LogP contribution in [-0.4, -0.2) is 45.8 Å². The molecule has 1 aromatic carbocycles. The summed E-state index contributed by atoms with van der Waals surface area (Å²) in [6.07, 6.45) is 5.87. The quantitative estimate of drug-likeness (QED) is 0.543. The lowest BCUT2D eigenvalue weighted by Crippen LogP contribution is -2.43. The topological polar surface area (TPSA) is 95.3 Å².